The molecule has 2 unspecified atom stereocenters. The molecule has 1 fully saturated rings. The fraction of sp³-hybridized carbons (Fsp3) is 0.500. The number of hydrogen-bond acceptors (Lipinski definition) is 4. The van der Waals surface area contributed by atoms with Crippen molar-refractivity contribution in [2.75, 3.05) is 13.1 Å². The van der Waals surface area contributed by atoms with E-state index in [9.17, 15) is 9.90 Å². The van der Waals surface area contributed by atoms with Crippen LogP contribution >= 0.6 is 0 Å². The van der Waals surface area contributed by atoms with E-state index in [1.807, 2.05) is 13.0 Å². The van der Waals surface area contributed by atoms with Crippen molar-refractivity contribution in [3.05, 3.63) is 29.1 Å². The molecule has 1 aliphatic rings. The van der Waals surface area contributed by atoms with Gasteiger partial charge in [0.05, 0.1) is 17.4 Å². The van der Waals surface area contributed by atoms with Gasteiger partial charge in [0.2, 0.25) is 0 Å². The Labute approximate surface area is 112 Å². The molecular weight excluding hydrogens is 242 g/mol. The standard InChI is InChI=1S/C14H17N3O2/c1-9-5-6-17(8-13(9)18)14(19)12-4-3-11(7-15)10(2)16-12/h3-4,9,13,18H,5-6,8H2,1-2H3. The quantitative estimate of drug-likeness (QED) is 0.819. The van der Waals surface area contributed by atoms with E-state index in [4.69, 9.17) is 5.26 Å². The van der Waals surface area contributed by atoms with Gasteiger partial charge >= 0.3 is 0 Å². The molecule has 2 atom stereocenters. The predicted molar refractivity (Wildman–Crippen MR) is 69.4 cm³/mol. The Morgan fingerprint density at radius 2 is 2.32 bits per heavy atom. The summed E-state index contributed by atoms with van der Waals surface area (Å²) in [5.74, 6) is 0.0400. The fourth-order valence-corrected chi connectivity index (χ4v) is 2.19. The number of aryl methyl sites for hydroxylation is 1. The number of β-amino-alcohol motifs (C(OH)–C–C–N with tert-alkyl or cyclic N) is 1. The number of hydrogen-bond donors (Lipinski definition) is 1. The average Bonchev–Trinajstić information content (AvgIpc) is 2.41. The molecule has 5 nitrogen and oxygen atoms in total. The van der Waals surface area contributed by atoms with Crippen LogP contribution in [-0.2, 0) is 0 Å². The molecule has 0 bridgehead atoms. The van der Waals surface area contributed by atoms with Crippen molar-refractivity contribution in [1.29, 1.82) is 5.26 Å². The van der Waals surface area contributed by atoms with Crippen LogP contribution in [0.15, 0.2) is 12.1 Å². The van der Waals surface area contributed by atoms with Crippen LogP contribution in [0.4, 0.5) is 0 Å². The molecule has 1 aliphatic heterocycles. The Morgan fingerprint density at radius 1 is 1.58 bits per heavy atom. The van der Waals surface area contributed by atoms with E-state index >= 15 is 0 Å². The van der Waals surface area contributed by atoms with E-state index in [1.54, 1.807) is 24.0 Å². The minimum absolute atomic E-state index is 0.182. The lowest BCUT2D eigenvalue weighted by Crippen LogP contribution is -2.46. The van der Waals surface area contributed by atoms with Crippen LogP contribution in [0.25, 0.3) is 0 Å². The number of carbonyl (C=O) groups excluding carboxylic acids is 1. The van der Waals surface area contributed by atoms with Gasteiger partial charge in [-0.1, -0.05) is 6.92 Å². The number of aliphatic hydroxyl groups excluding tert-OH is 1. The van der Waals surface area contributed by atoms with Crippen LogP contribution in [0.2, 0.25) is 0 Å². The van der Waals surface area contributed by atoms with E-state index in [0.717, 1.165) is 6.42 Å². The first kappa shape index (κ1) is 13.5. The minimum Gasteiger partial charge on any atom is -0.391 e. The number of nitrogens with zero attached hydrogens (tertiary/aromatic N) is 3. The van der Waals surface area contributed by atoms with Crippen LogP contribution in [-0.4, -0.2) is 40.1 Å². The molecular formula is C14H17N3O2. The monoisotopic (exact) mass is 259 g/mol. The van der Waals surface area contributed by atoms with Crippen molar-refractivity contribution in [2.24, 2.45) is 5.92 Å². The number of pyridine rings is 1. The van der Waals surface area contributed by atoms with Gasteiger partial charge in [0, 0.05) is 13.1 Å². The highest BCUT2D eigenvalue weighted by atomic mass is 16.3. The summed E-state index contributed by atoms with van der Waals surface area (Å²) in [4.78, 5) is 18.1. The first-order valence-electron chi connectivity index (χ1n) is 6.38. The topological polar surface area (TPSA) is 77.2 Å². The molecule has 0 spiro atoms. The van der Waals surface area contributed by atoms with E-state index in [2.05, 4.69) is 4.98 Å². The second kappa shape index (κ2) is 5.37. The molecule has 1 amide bonds. The van der Waals surface area contributed by atoms with Crippen molar-refractivity contribution in [3.63, 3.8) is 0 Å². The molecule has 100 valence electrons. The molecule has 5 heteroatoms. The predicted octanol–water partition coefficient (Wildman–Crippen LogP) is 1.10. The third-order valence-corrected chi connectivity index (χ3v) is 3.63. The molecule has 1 aromatic heterocycles. The van der Waals surface area contributed by atoms with Gasteiger partial charge in [-0.15, -0.1) is 0 Å². The van der Waals surface area contributed by atoms with Crippen LogP contribution in [0.1, 0.15) is 35.1 Å². The van der Waals surface area contributed by atoms with Gasteiger partial charge in [-0.05, 0) is 31.4 Å². The van der Waals surface area contributed by atoms with Crippen molar-refractivity contribution >= 4 is 5.91 Å². The lowest BCUT2D eigenvalue weighted by molar-refractivity contribution is 0.0245. The zero-order valence-electron chi connectivity index (χ0n) is 11.1. The lowest BCUT2D eigenvalue weighted by Gasteiger charge is -2.34. The molecule has 19 heavy (non-hydrogen) atoms. The largest absolute Gasteiger partial charge is 0.391 e. The van der Waals surface area contributed by atoms with E-state index in [1.165, 1.54) is 0 Å². The summed E-state index contributed by atoms with van der Waals surface area (Å²) in [5.41, 5.74) is 1.36. The highest BCUT2D eigenvalue weighted by molar-refractivity contribution is 5.92. The average molecular weight is 259 g/mol. The van der Waals surface area contributed by atoms with E-state index in [0.29, 0.717) is 30.0 Å². The maximum Gasteiger partial charge on any atom is 0.272 e. The summed E-state index contributed by atoms with van der Waals surface area (Å²) in [6, 6.07) is 5.20. The number of likely N-dealkylation sites (tertiary alicyclic amines) is 1. The van der Waals surface area contributed by atoms with E-state index < -0.39 is 6.10 Å². The molecule has 1 N–H and O–H groups in total. The molecule has 1 aromatic rings. The summed E-state index contributed by atoms with van der Waals surface area (Å²) >= 11 is 0. The highest BCUT2D eigenvalue weighted by Crippen LogP contribution is 2.18. The van der Waals surface area contributed by atoms with Crippen molar-refractivity contribution in [2.45, 2.75) is 26.4 Å². The van der Waals surface area contributed by atoms with Crippen LogP contribution in [0.5, 0.6) is 0 Å². The van der Waals surface area contributed by atoms with Crippen molar-refractivity contribution < 1.29 is 9.90 Å². The highest BCUT2D eigenvalue weighted by Gasteiger charge is 2.28. The van der Waals surface area contributed by atoms with Gasteiger partial charge in [0.15, 0.2) is 0 Å². The SMILES string of the molecule is Cc1nc(C(=O)N2CCC(C)C(O)C2)ccc1C#N. The Hall–Kier alpha value is -1.93. The summed E-state index contributed by atoms with van der Waals surface area (Å²) < 4.78 is 0. The molecule has 0 radical (unpaired) electrons. The summed E-state index contributed by atoms with van der Waals surface area (Å²) in [5, 5.41) is 18.7. The van der Waals surface area contributed by atoms with E-state index in [-0.39, 0.29) is 11.8 Å². The maximum atomic E-state index is 12.3. The Kier molecular flexibility index (Phi) is 3.82. The van der Waals surface area contributed by atoms with Gasteiger partial charge in [-0.3, -0.25) is 4.79 Å². The number of amides is 1. The van der Waals surface area contributed by atoms with Crippen LogP contribution in [0, 0.1) is 24.2 Å². The van der Waals surface area contributed by atoms with Crippen molar-refractivity contribution in [3.8, 4) is 6.07 Å². The van der Waals surface area contributed by atoms with Gasteiger partial charge in [-0.2, -0.15) is 5.26 Å². The first-order chi connectivity index (χ1) is 9.02. The summed E-state index contributed by atoms with van der Waals surface area (Å²) in [6.45, 7) is 4.68. The smallest absolute Gasteiger partial charge is 0.272 e. The Balaban J connectivity index is 2.16. The first-order valence-corrected chi connectivity index (χ1v) is 6.38. The second-order valence-corrected chi connectivity index (χ2v) is 5.03. The number of nitriles is 1. The third kappa shape index (κ3) is 2.74. The molecule has 0 saturated carbocycles. The van der Waals surface area contributed by atoms with Gasteiger partial charge < -0.3 is 10.0 Å². The molecule has 0 aliphatic carbocycles. The number of piperidine rings is 1. The van der Waals surface area contributed by atoms with Crippen LogP contribution in [0.3, 0.4) is 0 Å². The lowest BCUT2D eigenvalue weighted by atomic mass is 9.96. The minimum atomic E-state index is -0.475. The number of aromatic nitrogens is 1. The summed E-state index contributed by atoms with van der Waals surface area (Å²) in [7, 11) is 0. The third-order valence-electron chi connectivity index (χ3n) is 3.63. The number of rotatable bonds is 1. The zero-order chi connectivity index (χ0) is 14.0. The molecule has 1 saturated heterocycles. The fourth-order valence-electron chi connectivity index (χ4n) is 2.19. The number of carbonyl (C=O) groups is 1. The second-order valence-electron chi connectivity index (χ2n) is 5.03. The molecule has 0 aromatic carbocycles. The van der Waals surface area contributed by atoms with Gasteiger partial charge in [0.1, 0.15) is 11.8 Å². The molecule has 2 rings (SSSR count). The van der Waals surface area contributed by atoms with Crippen molar-refractivity contribution in [1.82, 2.24) is 9.88 Å². The van der Waals surface area contributed by atoms with Crippen LogP contribution < -0.4 is 0 Å². The Bertz CT molecular complexity index is 536. The maximum absolute atomic E-state index is 12.3. The Morgan fingerprint density at radius 3 is 2.89 bits per heavy atom. The zero-order valence-corrected chi connectivity index (χ0v) is 11.1. The van der Waals surface area contributed by atoms with Gasteiger partial charge in [-0.25, -0.2) is 4.98 Å². The number of aliphatic hydroxyl groups is 1. The van der Waals surface area contributed by atoms with Gasteiger partial charge in [0.25, 0.3) is 5.91 Å². The summed E-state index contributed by atoms with van der Waals surface area (Å²) in [6.07, 6.45) is 0.319. The normalized spacial score (nSPS) is 22.9. The molecule has 2 heterocycles.